The number of benzene rings is 2. The molecular formula is C27H27ClFN5O2. The molecule has 0 unspecified atom stereocenters. The number of anilines is 3. The Kier molecular flexibility index (Phi) is 7.55. The lowest BCUT2D eigenvalue weighted by Crippen LogP contribution is -2.20. The number of fused-ring (bicyclic) bond motifs is 1. The highest BCUT2D eigenvalue weighted by atomic mass is 35.5. The molecule has 0 radical (unpaired) electrons. The first-order chi connectivity index (χ1) is 17.2. The van der Waals surface area contributed by atoms with Crippen molar-refractivity contribution < 1.29 is 13.9 Å². The van der Waals surface area contributed by atoms with E-state index in [1.807, 2.05) is 0 Å². The van der Waals surface area contributed by atoms with E-state index >= 15 is 0 Å². The smallest absolute Gasteiger partial charge is 0.253 e. The van der Waals surface area contributed by atoms with Crippen LogP contribution in [0.2, 0.25) is 5.02 Å². The monoisotopic (exact) mass is 507 g/mol. The minimum Gasteiger partial charge on any atom is -0.380 e. The van der Waals surface area contributed by atoms with Crippen LogP contribution in [0.15, 0.2) is 48.8 Å². The van der Waals surface area contributed by atoms with Crippen LogP contribution in [0.25, 0.3) is 10.9 Å². The fourth-order valence-electron chi connectivity index (χ4n) is 4.10. The maximum Gasteiger partial charge on any atom is 0.253 e. The highest BCUT2D eigenvalue weighted by molar-refractivity contribution is 6.31. The van der Waals surface area contributed by atoms with Gasteiger partial charge in [-0.2, -0.15) is 0 Å². The Balaban J connectivity index is 1.79. The van der Waals surface area contributed by atoms with Crippen LogP contribution in [-0.4, -0.2) is 54.6 Å². The third-order valence-electron chi connectivity index (χ3n) is 6.03. The maximum absolute atomic E-state index is 14.5. The van der Waals surface area contributed by atoms with E-state index in [9.17, 15) is 9.18 Å². The van der Waals surface area contributed by atoms with Crippen LogP contribution in [0.4, 0.5) is 21.6 Å². The third kappa shape index (κ3) is 5.65. The Morgan fingerprint density at radius 3 is 2.86 bits per heavy atom. The molecule has 2 N–H and O–H groups in total. The minimum absolute atomic E-state index is 0.00779. The van der Waals surface area contributed by atoms with Crippen molar-refractivity contribution in [1.82, 2.24) is 14.9 Å². The fraction of sp³-hybridized carbons (Fsp3) is 0.296. The lowest BCUT2D eigenvalue weighted by atomic mass is 9.90. The molecule has 1 amide bonds. The number of halogens is 2. The predicted molar refractivity (Wildman–Crippen MR) is 141 cm³/mol. The van der Waals surface area contributed by atoms with Crippen molar-refractivity contribution in [2.24, 2.45) is 5.41 Å². The van der Waals surface area contributed by atoms with Crippen LogP contribution >= 0.6 is 11.6 Å². The van der Waals surface area contributed by atoms with Crippen LogP contribution in [0.3, 0.4) is 0 Å². The standard InChI is InChI=1S/C27H27ClFN5O2/c1-17(14-36-4)26(35)33-22-13-19-23(12-18(22)8-9-27(2)10-11-34(3)15-27)30-16-31-25(19)32-21-7-5-6-20(28)24(21)29/h5-7,12-13,16H,1,10-11,14-15H2,2-4H3,(H,33,35)(H,30,31,32)/t27-/m0/s1. The number of aromatic nitrogens is 2. The number of likely N-dealkylation sites (tertiary alicyclic amines) is 1. The van der Waals surface area contributed by atoms with Crippen LogP contribution in [0.1, 0.15) is 18.9 Å². The number of carbonyl (C=O) groups excluding carboxylic acids is 1. The average Bonchev–Trinajstić information content (AvgIpc) is 3.19. The summed E-state index contributed by atoms with van der Waals surface area (Å²) in [4.78, 5) is 23.7. The topological polar surface area (TPSA) is 79.4 Å². The van der Waals surface area contributed by atoms with Crippen molar-refractivity contribution >= 4 is 45.6 Å². The van der Waals surface area contributed by atoms with E-state index in [-0.39, 0.29) is 28.3 Å². The number of amides is 1. The van der Waals surface area contributed by atoms with Crippen molar-refractivity contribution in [1.29, 1.82) is 0 Å². The molecule has 36 heavy (non-hydrogen) atoms. The van der Waals surface area contributed by atoms with Gasteiger partial charge in [-0.3, -0.25) is 4.79 Å². The van der Waals surface area contributed by atoms with Gasteiger partial charge in [-0.25, -0.2) is 14.4 Å². The molecule has 0 saturated carbocycles. The number of rotatable bonds is 6. The van der Waals surface area contributed by atoms with Gasteiger partial charge in [0.15, 0.2) is 5.82 Å². The summed E-state index contributed by atoms with van der Waals surface area (Å²) in [5, 5.41) is 6.43. The zero-order valence-electron chi connectivity index (χ0n) is 20.4. The summed E-state index contributed by atoms with van der Waals surface area (Å²) in [6, 6.07) is 8.18. The summed E-state index contributed by atoms with van der Waals surface area (Å²) in [5.41, 5.74) is 1.94. The SMILES string of the molecule is C=C(COC)C(=O)Nc1cc2c(Nc3cccc(Cl)c3F)ncnc2cc1C#C[C@@]1(C)CCN(C)C1. The largest absolute Gasteiger partial charge is 0.380 e. The molecule has 4 rings (SSSR count). The Labute approximate surface area is 214 Å². The van der Waals surface area contributed by atoms with Crippen molar-refractivity contribution in [2.45, 2.75) is 13.3 Å². The molecule has 9 heteroatoms. The number of nitrogens with zero attached hydrogens (tertiary/aromatic N) is 3. The first-order valence-electron chi connectivity index (χ1n) is 11.4. The Morgan fingerprint density at radius 2 is 2.14 bits per heavy atom. The first-order valence-corrected chi connectivity index (χ1v) is 11.8. The van der Waals surface area contributed by atoms with Crippen LogP contribution in [0.5, 0.6) is 0 Å². The molecule has 7 nitrogen and oxygen atoms in total. The molecular weight excluding hydrogens is 481 g/mol. The van der Waals surface area contributed by atoms with Gasteiger partial charge in [-0.1, -0.05) is 36.1 Å². The van der Waals surface area contributed by atoms with Gasteiger partial charge in [0.25, 0.3) is 5.91 Å². The summed E-state index contributed by atoms with van der Waals surface area (Å²) in [5.74, 6) is 6.03. The zero-order chi connectivity index (χ0) is 25.9. The number of ether oxygens (including phenoxy) is 1. The Bertz CT molecular complexity index is 1400. The van der Waals surface area contributed by atoms with Crippen LogP contribution in [-0.2, 0) is 9.53 Å². The van der Waals surface area contributed by atoms with Gasteiger partial charge in [-0.05, 0) is 51.2 Å². The van der Waals surface area contributed by atoms with Gasteiger partial charge in [0.1, 0.15) is 12.1 Å². The highest BCUT2D eigenvalue weighted by Gasteiger charge is 2.30. The molecule has 0 spiro atoms. The lowest BCUT2D eigenvalue weighted by Gasteiger charge is -2.16. The normalized spacial score (nSPS) is 17.5. The van der Waals surface area contributed by atoms with E-state index in [1.54, 1.807) is 24.3 Å². The second-order valence-electron chi connectivity index (χ2n) is 9.15. The minimum atomic E-state index is -0.590. The summed E-state index contributed by atoms with van der Waals surface area (Å²) >= 11 is 5.93. The van der Waals surface area contributed by atoms with E-state index in [0.29, 0.717) is 28.0 Å². The van der Waals surface area contributed by atoms with Gasteiger partial charge < -0.3 is 20.3 Å². The number of carbonyl (C=O) groups is 1. The van der Waals surface area contributed by atoms with Gasteiger partial charge in [0.05, 0.1) is 34.1 Å². The van der Waals surface area contributed by atoms with Crippen molar-refractivity contribution in [3.63, 3.8) is 0 Å². The molecule has 186 valence electrons. The molecule has 0 aliphatic carbocycles. The Hall–Kier alpha value is -3.51. The number of methoxy groups -OCH3 is 1. The molecule has 1 saturated heterocycles. The molecule has 0 bridgehead atoms. The van der Waals surface area contributed by atoms with E-state index in [2.05, 4.69) is 57.9 Å². The molecule has 1 atom stereocenters. The van der Waals surface area contributed by atoms with Crippen LogP contribution in [0, 0.1) is 23.1 Å². The molecule has 1 aliphatic heterocycles. The zero-order valence-corrected chi connectivity index (χ0v) is 21.2. The number of nitrogens with one attached hydrogen (secondary N) is 2. The second-order valence-corrected chi connectivity index (χ2v) is 9.56. The second kappa shape index (κ2) is 10.6. The highest BCUT2D eigenvalue weighted by Crippen LogP contribution is 2.32. The molecule has 1 fully saturated rings. The van der Waals surface area contributed by atoms with Gasteiger partial charge in [0, 0.05) is 30.0 Å². The molecule has 2 heterocycles. The van der Waals surface area contributed by atoms with Crippen molar-refractivity contribution in [2.75, 3.05) is 44.5 Å². The quantitative estimate of drug-likeness (QED) is 0.361. The number of hydrogen-bond acceptors (Lipinski definition) is 6. The summed E-state index contributed by atoms with van der Waals surface area (Å²) in [6.07, 6.45) is 2.34. The summed E-state index contributed by atoms with van der Waals surface area (Å²) in [7, 11) is 3.57. The van der Waals surface area contributed by atoms with E-state index in [4.69, 9.17) is 16.3 Å². The molecule has 1 aliphatic rings. The van der Waals surface area contributed by atoms with E-state index < -0.39 is 11.7 Å². The van der Waals surface area contributed by atoms with E-state index in [1.165, 1.54) is 19.5 Å². The molecule has 2 aromatic carbocycles. The van der Waals surface area contributed by atoms with E-state index in [0.717, 1.165) is 19.5 Å². The predicted octanol–water partition coefficient (Wildman–Crippen LogP) is 5.00. The average molecular weight is 508 g/mol. The Morgan fingerprint density at radius 1 is 1.33 bits per heavy atom. The fourth-order valence-corrected chi connectivity index (χ4v) is 4.27. The molecule has 1 aromatic heterocycles. The third-order valence-corrected chi connectivity index (χ3v) is 6.32. The van der Waals surface area contributed by atoms with Gasteiger partial charge in [-0.15, -0.1) is 0 Å². The summed E-state index contributed by atoms with van der Waals surface area (Å²) in [6.45, 7) is 7.85. The lowest BCUT2D eigenvalue weighted by molar-refractivity contribution is -0.113. The first kappa shape index (κ1) is 25.6. The maximum atomic E-state index is 14.5. The van der Waals surface area contributed by atoms with Crippen molar-refractivity contribution in [3.05, 3.63) is 65.2 Å². The molecule has 3 aromatic rings. The van der Waals surface area contributed by atoms with Gasteiger partial charge in [0.2, 0.25) is 0 Å². The number of hydrogen-bond donors (Lipinski definition) is 2. The van der Waals surface area contributed by atoms with Crippen molar-refractivity contribution in [3.8, 4) is 11.8 Å². The van der Waals surface area contributed by atoms with Gasteiger partial charge >= 0.3 is 0 Å². The summed E-state index contributed by atoms with van der Waals surface area (Å²) < 4.78 is 19.6. The van der Waals surface area contributed by atoms with Crippen LogP contribution < -0.4 is 10.6 Å².